The molecule has 0 amide bonds. The van der Waals surface area contributed by atoms with Gasteiger partial charge >= 0.3 is 0 Å². The highest BCUT2D eigenvalue weighted by Gasteiger charge is 2.25. The zero-order valence-electron chi connectivity index (χ0n) is 15.9. The summed E-state index contributed by atoms with van der Waals surface area (Å²) in [5, 5.41) is 4.16. The first-order valence-corrected chi connectivity index (χ1v) is 9.64. The normalized spacial score (nSPS) is 19.3. The summed E-state index contributed by atoms with van der Waals surface area (Å²) < 4.78 is 1.86. The molecular weight excluding hydrogens is 336 g/mol. The standard InChI is InChI=1S/C22H26N4O/c1-16-14-25(13-12-23-16)17(2)21-24-20-11-7-6-10-19(20)22(27)26(21)15-18-8-4-3-5-9-18/h3-11,16-17,23H,12-15H2,1-2H3/t16-,17+/m1/s1. The Morgan fingerprint density at radius 2 is 1.89 bits per heavy atom. The molecule has 2 aromatic carbocycles. The summed E-state index contributed by atoms with van der Waals surface area (Å²) in [5.41, 5.74) is 1.92. The van der Waals surface area contributed by atoms with Crippen LogP contribution in [0.15, 0.2) is 59.4 Å². The van der Waals surface area contributed by atoms with Gasteiger partial charge in [-0.1, -0.05) is 42.5 Å². The Morgan fingerprint density at radius 1 is 1.15 bits per heavy atom. The topological polar surface area (TPSA) is 50.2 Å². The largest absolute Gasteiger partial charge is 0.312 e. The number of nitrogens with one attached hydrogen (secondary N) is 1. The van der Waals surface area contributed by atoms with Crippen molar-refractivity contribution in [2.75, 3.05) is 19.6 Å². The maximum Gasteiger partial charge on any atom is 0.261 e. The summed E-state index contributed by atoms with van der Waals surface area (Å²) in [6.07, 6.45) is 0. The quantitative estimate of drug-likeness (QED) is 0.775. The third-order valence-corrected chi connectivity index (χ3v) is 5.40. The molecule has 0 aliphatic carbocycles. The van der Waals surface area contributed by atoms with Gasteiger partial charge in [0.15, 0.2) is 0 Å². The molecule has 5 nitrogen and oxygen atoms in total. The van der Waals surface area contributed by atoms with Crippen LogP contribution < -0.4 is 10.9 Å². The molecule has 1 fully saturated rings. The van der Waals surface area contributed by atoms with Crippen LogP contribution in [-0.2, 0) is 6.54 Å². The second-order valence-corrected chi connectivity index (χ2v) is 7.39. The van der Waals surface area contributed by atoms with Gasteiger partial charge in [-0.25, -0.2) is 4.98 Å². The van der Waals surface area contributed by atoms with Gasteiger partial charge < -0.3 is 5.32 Å². The van der Waals surface area contributed by atoms with Crippen LogP contribution in [0.2, 0.25) is 0 Å². The van der Waals surface area contributed by atoms with Crippen molar-refractivity contribution in [3.05, 3.63) is 76.3 Å². The first-order chi connectivity index (χ1) is 13.1. The van der Waals surface area contributed by atoms with Gasteiger partial charge in [0.25, 0.3) is 5.56 Å². The third-order valence-electron chi connectivity index (χ3n) is 5.40. The Bertz CT molecular complexity index is 983. The van der Waals surface area contributed by atoms with Crippen LogP contribution in [0.1, 0.15) is 31.3 Å². The predicted molar refractivity (Wildman–Crippen MR) is 109 cm³/mol. The maximum atomic E-state index is 13.3. The van der Waals surface area contributed by atoms with E-state index < -0.39 is 0 Å². The average Bonchev–Trinajstić information content (AvgIpc) is 2.70. The zero-order valence-corrected chi connectivity index (χ0v) is 15.9. The molecule has 4 rings (SSSR count). The average molecular weight is 362 g/mol. The van der Waals surface area contributed by atoms with E-state index in [1.165, 1.54) is 0 Å². The number of hydrogen-bond donors (Lipinski definition) is 1. The molecule has 0 bridgehead atoms. The molecule has 1 aliphatic heterocycles. The van der Waals surface area contributed by atoms with Gasteiger partial charge in [0, 0.05) is 25.7 Å². The predicted octanol–water partition coefficient (Wildman–Crippen LogP) is 2.80. The molecule has 1 aromatic heterocycles. The summed E-state index contributed by atoms with van der Waals surface area (Å²) in [5.74, 6) is 0.844. The fraction of sp³-hybridized carbons (Fsp3) is 0.364. The van der Waals surface area contributed by atoms with Gasteiger partial charge in [-0.3, -0.25) is 14.3 Å². The van der Waals surface area contributed by atoms with Crippen LogP contribution >= 0.6 is 0 Å². The number of benzene rings is 2. The number of rotatable bonds is 4. The van der Waals surface area contributed by atoms with E-state index in [1.54, 1.807) is 0 Å². The monoisotopic (exact) mass is 362 g/mol. The van der Waals surface area contributed by atoms with Crippen LogP contribution in [0, 0.1) is 0 Å². The SMILES string of the molecule is C[C@@H]1CN([C@@H](C)c2nc3ccccc3c(=O)n2Cc2ccccc2)CCN1. The first-order valence-electron chi connectivity index (χ1n) is 9.64. The van der Waals surface area contributed by atoms with Crippen LogP contribution in [0.5, 0.6) is 0 Å². The molecule has 0 unspecified atom stereocenters. The Labute approximate surface area is 159 Å². The Morgan fingerprint density at radius 3 is 2.67 bits per heavy atom. The van der Waals surface area contributed by atoms with Gasteiger partial charge in [-0.2, -0.15) is 0 Å². The molecule has 2 atom stereocenters. The van der Waals surface area contributed by atoms with Crippen molar-refractivity contribution in [1.29, 1.82) is 0 Å². The van der Waals surface area contributed by atoms with Crippen LogP contribution in [0.4, 0.5) is 0 Å². The smallest absolute Gasteiger partial charge is 0.261 e. The number of piperazine rings is 1. The summed E-state index contributed by atoms with van der Waals surface area (Å²) in [4.78, 5) is 20.6. The molecule has 2 heterocycles. The lowest BCUT2D eigenvalue weighted by Gasteiger charge is -2.36. The van der Waals surface area contributed by atoms with E-state index in [2.05, 4.69) is 36.2 Å². The van der Waals surface area contributed by atoms with Crippen molar-refractivity contribution >= 4 is 10.9 Å². The fourth-order valence-electron chi connectivity index (χ4n) is 3.90. The number of hydrogen-bond acceptors (Lipinski definition) is 4. The maximum absolute atomic E-state index is 13.3. The Kier molecular flexibility index (Phi) is 5.05. The van der Waals surface area contributed by atoms with E-state index in [0.717, 1.165) is 36.5 Å². The minimum atomic E-state index is 0.0366. The number of fused-ring (bicyclic) bond motifs is 1. The number of nitrogens with zero attached hydrogens (tertiary/aromatic N) is 3. The zero-order chi connectivity index (χ0) is 18.8. The van der Waals surface area contributed by atoms with Crippen molar-refractivity contribution in [3.8, 4) is 0 Å². The minimum absolute atomic E-state index is 0.0366. The number of para-hydroxylation sites is 1. The van der Waals surface area contributed by atoms with E-state index in [-0.39, 0.29) is 11.6 Å². The second kappa shape index (κ2) is 7.62. The van der Waals surface area contributed by atoms with Crippen LogP contribution in [0.25, 0.3) is 10.9 Å². The highest BCUT2D eigenvalue weighted by Crippen LogP contribution is 2.22. The number of aromatic nitrogens is 2. The van der Waals surface area contributed by atoms with E-state index in [1.807, 2.05) is 47.0 Å². The summed E-state index contributed by atoms with van der Waals surface area (Å²) in [6, 6.07) is 18.3. The van der Waals surface area contributed by atoms with E-state index >= 15 is 0 Å². The third kappa shape index (κ3) is 3.66. The van der Waals surface area contributed by atoms with Crippen LogP contribution in [0.3, 0.4) is 0 Å². The van der Waals surface area contributed by atoms with Crippen molar-refractivity contribution in [3.63, 3.8) is 0 Å². The Hall–Kier alpha value is -2.50. The molecular formula is C22H26N4O. The molecule has 3 aromatic rings. The van der Waals surface area contributed by atoms with E-state index in [4.69, 9.17) is 4.98 Å². The molecule has 27 heavy (non-hydrogen) atoms. The Balaban J connectivity index is 1.82. The molecule has 1 aliphatic rings. The lowest BCUT2D eigenvalue weighted by atomic mass is 10.1. The van der Waals surface area contributed by atoms with Crippen molar-refractivity contribution in [2.24, 2.45) is 0 Å². The lowest BCUT2D eigenvalue weighted by Crippen LogP contribution is -2.50. The van der Waals surface area contributed by atoms with E-state index in [0.29, 0.717) is 18.0 Å². The molecule has 0 saturated carbocycles. The first kappa shape index (κ1) is 17.9. The van der Waals surface area contributed by atoms with Crippen molar-refractivity contribution in [1.82, 2.24) is 19.8 Å². The summed E-state index contributed by atoms with van der Waals surface area (Å²) in [6.45, 7) is 7.77. The van der Waals surface area contributed by atoms with Gasteiger partial charge in [0.1, 0.15) is 5.82 Å². The molecule has 1 N–H and O–H groups in total. The molecule has 5 heteroatoms. The van der Waals surface area contributed by atoms with Gasteiger partial charge in [-0.15, -0.1) is 0 Å². The highest BCUT2D eigenvalue weighted by atomic mass is 16.1. The molecule has 1 saturated heterocycles. The van der Waals surface area contributed by atoms with Gasteiger partial charge in [0.2, 0.25) is 0 Å². The highest BCUT2D eigenvalue weighted by molar-refractivity contribution is 5.77. The molecule has 0 spiro atoms. The minimum Gasteiger partial charge on any atom is -0.312 e. The summed E-state index contributed by atoms with van der Waals surface area (Å²) in [7, 11) is 0. The molecule has 140 valence electrons. The van der Waals surface area contributed by atoms with Gasteiger partial charge in [-0.05, 0) is 31.5 Å². The fourth-order valence-corrected chi connectivity index (χ4v) is 3.90. The van der Waals surface area contributed by atoms with E-state index in [9.17, 15) is 4.79 Å². The second-order valence-electron chi connectivity index (χ2n) is 7.39. The van der Waals surface area contributed by atoms with Crippen LogP contribution in [-0.4, -0.2) is 40.1 Å². The molecule has 0 radical (unpaired) electrons. The summed E-state index contributed by atoms with van der Waals surface area (Å²) >= 11 is 0. The van der Waals surface area contributed by atoms with Gasteiger partial charge in [0.05, 0.1) is 23.5 Å². The van der Waals surface area contributed by atoms with Crippen molar-refractivity contribution in [2.45, 2.75) is 32.5 Å². The van der Waals surface area contributed by atoms with Crippen molar-refractivity contribution < 1.29 is 0 Å². The lowest BCUT2D eigenvalue weighted by molar-refractivity contribution is 0.150.